The highest BCUT2D eigenvalue weighted by Crippen LogP contribution is 2.29. The van der Waals surface area contributed by atoms with Gasteiger partial charge in [0.2, 0.25) is 5.91 Å². The summed E-state index contributed by atoms with van der Waals surface area (Å²) in [6, 6.07) is 5.13. The maximum absolute atomic E-state index is 13.0. The van der Waals surface area contributed by atoms with Crippen LogP contribution in [-0.4, -0.2) is 67.5 Å². The lowest BCUT2D eigenvalue weighted by atomic mass is 9.98. The molecule has 0 spiro atoms. The highest BCUT2D eigenvalue weighted by Gasteiger charge is 2.30. The highest BCUT2D eigenvalue weighted by atomic mass is 127. The number of hydrogen-bond donors (Lipinski definition) is 2. The SMILES string of the molecule is CN(C)C(=O)CNC(=NCc1cccc(C(F)(F)F)c1)NCC(C)(C)N1CCCCC1.I. The molecule has 2 N–H and O–H groups in total. The number of alkyl halides is 3. The van der Waals surface area contributed by atoms with E-state index in [1.807, 2.05) is 0 Å². The first-order valence-corrected chi connectivity index (χ1v) is 10.6. The Bertz CT molecular complexity index is 762. The van der Waals surface area contributed by atoms with E-state index in [0.717, 1.165) is 25.2 Å². The van der Waals surface area contributed by atoms with Gasteiger partial charge in [-0.25, -0.2) is 4.99 Å². The largest absolute Gasteiger partial charge is 0.416 e. The molecule has 32 heavy (non-hydrogen) atoms. The first-order chi connectivity index (χ1) is 14.5. The number of guanidine groups is 1. The summed E-state index contributed by atoms with van der Waals surface area (Å²) in [6.07, 6.45) is -0.793. The lowest BCUT2D eigenvalue weighted by molar-refractivity contribution is -0.137. The molecule has 182 valence electrons. The fraction of sp³-hybridized carbons (Fsp3) is 0.636. The van der Waals surface area contributed by atoms with Crippen molar-refractivity contribution in [2.24, 2.45) is 4.99 Å². The number of amides is 1. The number of nitrogens with one attached hydrogen (secondary N) is 2. The van der Waals surface area contributed by atoms with Crippen molar-refractivity contribution in [1.29, 1.82) is 0 Å². The van der Waals surface area contributed by atoms with Crippen LogP contribution in [0.2, 0.25) is 0 Å². The standard InChI is InChI=1S/C22H34F3N5O.HI/c1-21(2,30-11-6-5-7-12-30)16-28-20(27-15-19(31)29(3)4)26-14-17-9-8-10-18(13-17)22(23,24)25;/h8-10,13H,5-7,11-12,14-16H2,1-4H3,(H2,26,27,28);1H. The van der Waals surface area contributed by atoms with E-state index in [-0.39, 0.29) is 48.5 Å². The fourth-order valence-electron chi connectivity index (χ4n) is 3.42. The second-order valence-electron chi connectivity index (χ2n) is 8.72. The number of likely N-dealkylation sites (tertiary alicyclic amines) is 1. The summed E-state index contributed by atoms with van der Waals surface area (Å²) in [7, 11) is 3.33. The molecule has 0 aliphatic carbocycles. The van der Waals surface area contributed by atoms with Gasteiger partial charge in [-0.1, -0.05) is 18.6 Å². The van der Waals surface area contributed by atoms with Crippen LogP contribution in [0.4, 0.5) is 13.2 Å². The summed E-state index contributed by atoms with van der Waals surface area (Å²) in [5.41, 5.74) is -0.369. The molecule has 0 saturated carbocycles. The Balaban J connectivity index is 0.00000512. The van der Waals surface area contributed by atoms with Gasteiger partial charge in [0.15, 0.2) is 5.96 Å². The van der Waals surface area contributed by atoms with Gasteiger partial charge in [0, 0.05) is 26.2 Å². The maximum atomic E-state index is 13.0. The fourth-order valence-corrected chi connectivity index (χ4v) is 3.42. The number of nitrogens with zero attached hydrogens (tertiary/aromatic N) is 3. The molecule has 1 aliphatic heterocycles. The molecule has 1 aliphatic rings. The predicted molar refractivity (Wildman–Crippen MR) is 132 cm³/mol. The first-order valence-electron chi connectivity index (χ1n) is 10.6. The number of carbonyl (C=O) groups excluding carboxylic acids is 1. The predicted octanol–water partition coefficient (Wildman–Crippen LogP) is 3.71. The Morgan fingerprint density at radius 1 is 1.12 bits per heavy atom. The molecule has 6 nitrogen and oxygen atoms in total. The average Bonchev–Trinajstić information content (AvgIpc) is 2.73. The molecule has 1 heterocycles. The van der Waals surface area contributed by atoms with Crippen molar-refractivity contribution in [2.45, 2.75) is 51.4 Å². The summed E-state index contributed by atoms with van der Waals surface area (Å²) >= 11 is 0. The number of rotatable bonds is 7. The Morgan fingerprint density at radius 2 is 1.78 bits per heavy atom. The molecule has 0 bridgehead atoms. The number of likely N-dealkylation sites (N-methyl/N-ethyl adjacent to an activating group) is 1. The van der Waals surface area contributed by atoms with Gasteiger partial charge in [0.1, 0.15) is 0 Å². The molecular weight excluding hydrogens is 534 g/mol. The van der Waals surface area contributed by atoms with E-state index in [1.165, 1.54) is 30.2 Å². The van der Waals surface area contributed by atoms with E-state index in [0.29, 0.717) is 18.1 Å². The minimum Gasteiger partial charge on any atom is -0.355 e. The molecule has 1 aromatic rings. The van der Waals surface area contributed by atoms with Crippen LogP contribution in [-0.2, 0) is 17.5 Å². The van der Waals surface area contributed by atoms with Crippen molar-refractivity contribution in [2.75, 3.05) is 40.3 Å². The number of aliphatic imine (C=N–C) groups is 1. The third-order valence-electron chi connectivity index (χ3n) is 5.48. The number of piperidine rings is 1. The molecule has 10 heteroatoms. The number of benzene rings is 1. The van der Waals surface area contributed by atoms with Crippen LogP contribution in [0.25, 0.3) is 0 Å². The molecule has 2 rings (SSSR count). The van der Waals surface area contributed by atoms with E-state index in [1.54, 1.807) is 20.2 Å². The first kappa shape index (κ1) is 28.5. The van der Waals surface area contributed by atoms with Gasteiger partial charge < -0.3 is 15.5 Å². The van der Waals surface area contributed by atoms with Crippen molar-refractivity contribution in [3.8, 4) is 0 Å². The highest BCUT2D eigenvalue weighted by molar-refractivity contribution is 14.0. The average molecular weight is 569 g/mol. The molecule has 1 saturated heterocycles. The monoisotopic (exact) mass is 569 g/mol. The van der Waals surface area contributed by atoms with Crippen molar-refractivity contribution in [3.05, 3.63) is 35.4 Å². The van der Waals surface area contributed by atoms with E-state index < -0.39 is 11.7 Å². The van der Waals surface area contributed by atoms with Crippen LogP contribution < -0.4 is 10.6 Å². The molecular formula is C22H35F3IN5O. The zero-order valence-electron chi connectivity index (χ0n) is 19.3. The molecule has 1 amide bonds. The number of hydrogen-bond acceptors (Lipinski definition) is 3. The molecule has 0 aromatic heterocycles. The van der Waals surface area contributed by atoms with E-state index in [2.05, 4.69) is 34.4 Å². The topological polar surface area (TPSA) is 60.0 Å². The minimum absolute atomic E-state index is 0. The van der Waals surface area contributed by atoms with Gasteiger partial charge in [0.05, 0.1) is 18.7 Å². The molecule has 1 fully saturated rings. The third kappa shape index (κ3) is 9.13. The van der Waals surface area contributed by atoms with E-state index in [4.69, 9.17) is 0 Å². The smallest absolute Gasteiger partial charge is 0.355 e. The minimum atomic E-state index is -4.39. The van der Waals surface area contributed by atoms with Gasteiger partial charge in [-0.3, -0.25) is 9.69 Å². The molecule has 0 unspecified atom stereocenters. The summed E-state index contributed by atoms with van der Waals surface area (Å²) in [5.74, 6) is 0.279. The van der Waals surface area contributed by atoms with Crippen LogP contribution in [0, 0.1) is 0 Å². The summed E-state index contributed by atoms with van der Waals surface area (Å²) in [6.45, 7) is 7.10. The summed E-state index contributed by atoms with van der Waals surface area (Å²) in [5, 5.41) is 6.27. The Hall–Kier alpha value is -1.56. The Labute approximate surface area is 206 Å². The van der Waals surface area contributed by atoms with Gasteiger partial charge in [-0.05, 0) is 57.5 Å². The van der Waals surface area contributed by atoms with Crippen LogP contribution in [0.3, 0.4) is 0 Å². The quantitative estimate of drug-likeness (QED) is 0.299. The second kappa shape index (κ2) is 12.6. The van der Waals surface area contributed by atoms with Crippen molar-refractivity contribution in [1.82, 2.24) is 20.4 Å². The van der Waals surface area contributed by atoms with E-state index >= 15 is 0 Å². The van der Waals surface area contributed by atoms with Gasteiger partial charge in [-0.2, -0.15) is 13.2 Å². The van der Waals surface area contributed by atoms with Gasteiger partial charge in [-0.15, -0.1) is 24.0 Å². The van der Waals surface area contributed by atoms with Crippen molar-refractivity contribution < 1.29 is 18.0 Å². The lowest BCUT2D eigenvalue weighted by Crippen LogP contribution is -2.55. The van der Waals surface area contributed by atoms with Crippen LogP contribution in [0.5, 0.6) is 0 Å². The molecule has 1 aromatic carbocycles. The zero-order chi connectivity index (χ0) is 23.1. The van der Waals surface area contributed by atoms with Crippen LogP contribution in [0.1, 0.15) is 44.2 Å². The maximum Gasteiger partial charge on any atom is 0.416 e. The molecule has 0 radical (unpaired) electrons. The van der Waals surface area contributed by atoms with Crippen molar-refractivity contribution in [3.63, 3.8) is 0 Å². The van der Waals surface area contributed by atoms with Crippen LogP contribution >= 0.6 is 24.0 Å². The Kier molecular flexibility index (Phi) is 11.2. The summed E-state index contributed by atoms with van der Waals surface area (Å²) < 4.78 is 38.9. The van der Waals surface area contributed by atoms with Crippen LogP contribution in [0.15, 0.2) is 29.3 Å². The third-order valence-corrected chi connectivity index (χ3v) is 5.48. The van der Waals surface area contributed by atoms with Gasteiger partial charge in [0.25, 0.3) is 0 Å². The normalized spacial score (nSPS) is 15.7. The van der Waals surface area contributed by atoms with Gasteiger partial charge >= 0.3 is 6.18 Å². The van der Waals surface area contributed by atoms with Crippen molar-refractivity contribution >= 4 is 35.8 Å². The lowest BCUT2D eigenvalue weighted by Gasteiger charge is -2.41. The molecule has 0 atom stereocenters. The number of halogens is 4. The Morgan fingerprint density at radius 3 is 2.38 bits per heavy atom. The summed E-state index contributed by atoms with van der Waals surface area (Å²) in [4.78, 5) is 20.3. The zero-order valence-corrected chi connectivity index (χ0v) is 21.6. The van der Waals surface area contributed by atoms with E-state index in [9.17, 15) is 18.0 Å². The number of carbonyl (C=O) groups is 1. The second-order valence-corrected chi connectivity index (χ2v) is 8.72.